The number of nitrogens with zero attached hydrogens (tertiary/aromatic N) is 1. The molecule has 118 valence electrons. The van der Waals surface area contributed by atoms with Crippen LogP contribution in [0.3, 0.4) is 0 Å². The topological polar surface area (TPSA) is 49.4 Å². The molecule has 0 aromatic heterocycles. The Balaban J connectivity index is 2.09. The van der Waals surface area contributed by atoms with E-state index >= 15 is 0 Å². The first kappa shape index (κ1) is 16.5. The minimum absolute atomic E-state index is 0.0216. The summed E-state index contributed by atoms with van der Waals surface area (Å²) in [4.78, 5) is 0. The standard InChI is InChI=1S/C16H26N2O2S/c1-14(15-8-4-3-5-9-15)13-21(19,20)18-11-7-6-10-16(18)12-17-2/h3-5,8-9,14,16-17H,6-7,10-13H2,1-2H3. The molecular formula is C16H26N2O2S. The molecule has 2 unspecified atom stereocenters. The van der Waals surface area contributed by atoms with Crippen molar-refractivity contribution in [2.45, 2.75) is 38.1 Å². The minimum atomic E-state index is -3.21. The van der Waals surface area contributed by atoms with Crippen LogP contribution in [-0.2, 0) is 10.0 Å². The summed E-state index contributed by atoms with van der Waals surface area (Å²) in [6.07, 6.45) is 3.05. The highest BCUT2D eigenvalue weighted by Gasteiger charge is 2.32. The van der Waals surface area contributed by atoms with Crippen molar-refractivity contribution < 1.29 is 8.42 Å². The molecule has 0 radical (unpaired) electrons. The number of hydrogen-bond acceptors (Lipinski definition) is 3. The van der Waals surface area contributed by atoms with E-state index in [9.17, 15) is 8.42 Å². The highest BCUT2D eigenvalue weighted by molar-refractivity contribution is 7.89. The summed E-state index contributed by atoms with van der Waals surface area (Å²) < 4.78 is 27.2. The van der Waals surface area contributed by atoms with Crippen molar-refractivity contribution in [1.82, 2.24) is 9.62 Å². The molecule has 2 rings (SSSR count). The second-order valence-electron chi connectivity index (χ2n) is 5.91. The average Bonchev–Trinajstić information content (AvgIpc) is 2.48. The third kappa shape index (κ3) is 4.28. The van der Waals surface area contributed by atoms with Gasteiger partial charge in [0, 0.05) is 19.1 Å². The van der Waals surface area contributed by atoms with Crippen LogP contribution in [0.2, 0.25) is 0 Å². The molecule has 1 heterocycles. The molecule has 0 spiro atoms. The summed E-state index contributed by atoms with van der Waals surface area (Å²) in [7, 11) is -1.33. The third-order valence-corrected chi connectivity index (χ3v) is 6.32. The van der Waals surface area contributed by atoms with E-state index in [0.29, 0.717) is 6.54 Å². The van der Waals surface area contributed by atoms with Crippen LogP contribution in [0, 0.1) is 0 Å². The summed E-state index contributed by atoms with van der Waals surface area (Å²) in [5, 5.41) is 3.12. The smallest absolute Gasteiger partial charge is 0.214 e. The van der Waals surface area contributed by atoms with Crippen LogP contribution in [0.5, 0.6) is 0 Å². The lowest BCUT2D eigenvalue weighted by Crippen LogP contribution is -2.49. The fourth-order valence-electron chi connectivity index (χ4n) is 3.07. The Hall–Kier alpha value is -0.910. The Morgan fingerprint density at radius 1 is 1.29 bits per heavy atom. The second-order valence-corrected chi connectivity index (χ2v) is 7.87. The van der Waals surface area contributed by atoms with E-state index in [0.717, 1.165) is 31.4 Å². The van der Waals surface area contributed by atoms with E-state index in [1.54, 1.807) is 4.31 Å². The summed E-state index contributed by atoms with van der Waals surface area (Å²) in [5.74, 6) is 0.213. The predicted molar refractivity (Wildman–Crippen MR) is 86.9 cm³/mol. The van der Waals surface area contributed by atoms with E-state index in [2.05, 4.69) is 5.32 Å². The molecule has 1 aromatic rings. The number of nitrogens with one attached hydrogen (secondary N) is 1. The van der Waals surface area contributed by atoms with E-state index in [1.807, 2.05) is 44.3 Å². The molecule has 1 aliphatic heterocycles. The summed E-state index contributed by atoms with van der Waals surface area (Å²) in [6.45, 7) is 3.39. The molecule has 1 aliphatic rings. The van der Waals surface area contributed by atoms with E-state index in [4.69, 9.17) is 0 Å². The van der Waals surface area contributed by atoms with Crippen LogP contribution < -0.4 is 5.32 Å². The number of rotatable bonds is 6. The summed E-state index contributed by atoms with van der Waals surface area (Å²) >= 11 is 0. The van der Waals surface area contributed by atoms with Gasteiger partial charge in [-0.15, -0.1) is 0 Å². The van der Waals surface area contributed by atoms with Crippen molar-refractivity contribution in [3.8, 4) is 0 Å². The fourth-order valence-corrected chi connectivity index (χ4v) is 5.13. The number of hydrogen-bond donors (Lipinski definition) is 1. The first-order valence-corrected chi connectivity index (χ1v) is 9.34. The van der Waals surface area contributed by atoms with Crippen LogP contribution in [-0.4, -0.2) is 44.7 Å². The maximum Gasteiger partial charge on any atom is 0.214 e. The van der Waals surface area contributed by atoms with Gasteiger partial charge < -0.3 is 5.32 Å². The van der Waals surface area contributed by atoms with Crippen LogP contribution in [0.1, 0.15) is 37.7 Å². The van der Waals surface area contributed by atoms with Gasteiger partial charge in [-0.2, -0.15) is 4.31 Å². The van der Waals surface area contributed by atoms with Crippen molar-refractivity contribution in [2.75, 3.05) is 25.9 Å². The van der Waals surface area contributed by atoms with E-state index in [1.165, 1.54) is 0 Å². The lowest BCUT2D eigenvalue weighted by atomic mass is 10.0. The predicted octanol–water partition coefficient (Wildman–Crippen LogP) is 2.19. The molecule has 21 heavy (non-hydrogen) atoms. The van der Waals surface area contributed by atoms with Gasteiger partial charge in [-0.25, -0.2) is 8.42 Å². The van der Waals surface area contributed by atoms with E-state index in [-0.39, 0.29) is 17.7 Å². The molecule has 0 saturated carbocycles. The molecular weight excluding hydrogens is 284 g/mol. The lowest BCUT2D eigenvalue weighted by molar-refractivity contribution is 0.248. The van der Waals surface area contributed by atoms with E-state index < -0.39 is 10.0 Å². The van der Waals surface area contributed by atoms with Gasteiger partial charge in [0.15, 0.2) is 0 Å². The number of piperidine rings is 1. The van der Waals surface area contributed by atoms with Gasteiger partial charge in [0.25, 0.3) is 0 Å². The van der Waals surface area contributed by atoms with Crippen molar-refractivity contribution in [1.29, 1.82) is 0 Å². The highest BCUT2D eigenvalue weighted by atomic mass is 32.2. The van der Waals surface area contributed by atoms with Crippen LogP contribution in [0.4, 0.5) is 0 Å². The molecule has 0 bridgehead atoms. The van der Waals surface area contributed by atoms with Crippen molar-refractivity contribution in [2.24, 2.45) is 0 Å². The second kappa shape index (κ2) is 7.38. The zero-order valence-corrected chi connectivity index (χ0v) is 13.8. The third-order valence-electron chi connectivity index (χ3n) is 4.20. The van der Waals surface area contributed by atoms with Crippen molar-refractivity contribution >= 4 is 10.0 Å². The molecule has 4 nitrogen and oxygen atoms in total. The maximum absolute atomic E-state index is 12.8. The van der Waals surface area contributed by atoms with Crippen molar-refractivity contribution in [3.63, 3.8) is 0 Å². The van der Waals surface area contributed by atoms with Gasteiger partial charge in [0.05, 0.1) is 5.75 Å². The molecule has 0 aliphatic carbocycles. The molecule has 1 fully saturated rings. The lowest BCUT2D eigenvalue weighted by Gasteiger charge is -2.35. The Morgan fingerprint density at radius 2 is 2.00 bits per heavy atom. The fraction of sp³-hybridized carbons (Fsp3) is 0.625. The van der Waals surface area contributed by atoms with Gasteiger partial charge in [-0.05, 0) is 31.4 Å². The number of benzene rings is 1. The monoisotopic (exact) mass is 310 g/mol. The average molecular weight is 310 g/mol. The largest absolute Gasteiger partial charge is 0.318 e. The zero-order chi connectivity index (χ0) is 15.3. The summed E-state index contributed by atoms with van der Waals surface area (Å²) in [5.41, 5.74) is 1.09. The Kier molecular flexibility index (Phi) is 5.79. The van der Waals surface area contributed by atoms with Crippen LogP contribution >= 0.6 is 0 Å². The molecule has 2 atom stereocenters. The minimum Gasteiger partial charge on any atom is -0.318 e. The first-order valence-electron chi connectivity index (χ1n) is 7.73. The molecule has 1 saturated heterocycles. The maximum atomic E-state index is 12.8. The molecule has 1 aromatic carbocycles. The highest BCUT2D eigenvalue weighted by Crippen LogP contribution is 2.24. The molecule has 5 heteroatoms. The van der Waals surface area contributed by atoms with Crippen LogP contribution in [0.15, 0.2) is 30.3 Å². The van der Waals surface area contributed by atoms with Gasteiger partial charge in [-0.1, -0.05) is 43.7 Å². The van der Waals surface area contributed by atoms with Gasteiger partial charge in [0.2, 0.25) is 10.0 Å². The first-order chi connectivity index (χ1) is 10.0. The molecule has 1 N–H and O–H groups in total. The van der Waals surface area contributed by atoms with Gasteiger partial charge in [0.1, 0.15) is 0 Å². The SMILES string of the molecule is CNCC1CCCCN1S(=O)(=O)CC(C)c1ccccc1. The van der Waals surface area contributed by atoms with Crippen LogP contribution in [0.25, 0.3) is 0 Å². The quantitative estimate of drug-likeness (QED) is 0.876. The van der Waals surface area contributed by atoms with Gasteiger partial charge in [-0.3, -0.25) is 0 Å². The normalized spacial score (nSPS) is 22.1. The number of likely N-dealkylation sites (N-methyl/N-ethyl adjacent to an activating group) is 1. The Bertz CT molecular complexity index is 528. The Labute approximate surface area is 128 Å². The number of sulfonamides is 1. The molecule has 0 amide bonds. The van der Waals surface area contributed by atoms with Crippen molar-refractivity contribution in [3.05, 3.63) is 35.9 Å². The Morgan fingerprint density at radius 3 is 2.67 bits per heavy atom. The zero-order valence-electron chi connectivity index (χ0n) is 13.0. The van der Waals surface area contributed by atoms with Gasteiger partial charge >= 0.3 is 0 Å². The summed E-state index contributed by atoms with van der Waals surface area (Å²) in [6, 6.07) is 9.99.